The molecular formula is C17H26N+. The highest BCUT2D eigenvalue weighted by Crippen LogP contribution is 2.29. The fraction of sp³-hybridized carbons (Fsp3) is 0.529. The van der Waals surface area contributed by atoms with Gasteiger partial charge in [-0.2, -0.15) is 0 Å². The minimum atomic E-state index is 0.412. The number of hydrogen-bond acceptors (Lipinski definition) is 0. The lowest BCUT2D eigenvalue weighted by Gasteiger charge is -2.36. The van der Waals surface area contributed by atoms with Crippen molar-refractivity contribution in [3.63, 3.8) is 0 Å². The van der Waals surface area contributed by atoms with Gasteiger partial charge in [0.2, 0.25) is 0 Å². The predicted octanol–water partition coefficient (Wildman–Crippen LogP) is 3.59. The molecule has 1 aromatic rings. The Balaban J connectivity index is 2.06. The predicted molar refractivity (Wildman–Crippen MR) is 77.4 cm³/mol. The van der Waals surface area contributed by atoms with Crippen molar-refractivity contribution in [2.45, 2.75) is 57.0 Å². The van der Waals surface area contributed by atoms with E-state index >= 15 is 0 Å². The maximum atomic E-state index is 3.96. The largest absolute Gasteiger partial charge is 0.335 e. The number of hydrogen-bond donors (Lipinski definition) is 1. The van der Waals surface area contributed by atoms with Gasteiger partial charge in [-0.25, -0.2) is 0 Å². The molecule has 1 fully saturated rings. The quantitative estimate of drug-likeness (QED) is 0.762. The van der Waals surface area contributed by atoms with Gasteiger partial charge in [0.05, 0.1) is 0 Å². The zero-order valence-electron chi connectivity index (χ0n) is 11.6. The van der Waals surface area contributed by atoms with Crippen LogP contribution in [-0.2, 0) is 0 Å². The van der Waals surface area contributed by atoms with Crippen LogP contribution in [-0.4, -0.2) is 5.54 Å². The van der Waals surface area contributed by atoms with Crippen LogP contribution in [0.25, 0.3) is 0 Å². The van der Waals surface area contributed by atoms with Crippen LogP contribution in [0.1, 0.15) is 57.1 Å². The van der Waals surface area contributed by atoms with Gasteiger partial charge < -0.3 is 5.32 Å². The number of rotatable bonds is 5. The van der Waals surface area contributed by atoms with Gasteiger partial charge in [0, 0.05) is 24.8 Å². The van der Waals surface area contributed by atoms with Crippen molar-refractivity contribution in [2.24, 2.45) is 0 Å². The van der Waals surface area contributed by atoms with E-state index in [0.29, 0.717) is 11.6 Å². The lowest BCUT2D eigenvalue weighted by Crippen LogP contribution is -2.97. The van der Waals surface area contributed by atoms with E-state index < -0.39 is 0 Å². The van der Waals surface area contributed by atoms with Gasteiger partial charge >= 0.3 is 0 Å². The molecule has 2 N–H and O–H groups in total. The molecule has 0 spiro atoms. The molecule has 1 aliphatic rings. The zero-order valence-corrected chi connectivity index (χ0v) is 11.6. The maximum absolute atomic E-state index is 3.96. The van der Waals surface area contributed by atoms with Gasteiger partial charge in [-0.3, -0.25) is 0 Å². The van der Waals surface area contributed by atoms with Gasteiger partial charge in [0.15, 0.2) is 0 Å². The number of benzene rings is 1. The van der Waals surface area contributed by atoms with E-state index in [2.05, 4.69) is 55.2 Å². The summed E-state index contributed by atoms with van der Waals surface area (Å²) in [7, 11) is 0. The molecule has 1 aliphatic carbocycles. The summed E-state index contributed by atoms with van der Waals surface area (Å²) in [5.74, 6) is 0. The van der Waals surface area contributed by atoms with Crippen LogP contribution < -0.4 is 5.32 Å². The summed E-state index contributed by atoms with van der Waals surface area (Å²) < 4.78 is 0. The smallest absolute Gasteiger partial charge is 0.109 e. The lowest BCUT2D eigenvalue weighted by molar-refractivity contribution is -0.763. The molecule has 0 radical (unpaired) electrons. The standard InChI is InChI=1S/C17H25N/c1-3-12-17(13-8-5-9-14-17)18-15(2)16-10-6-4-7-11-16/h3-4,6-7,10-11,15,18H,1,5,8-9,12-14H2,2H3/p+1/t15-/m0/s1. The topological polar surface area (TPSA) is 16.6 Å². The first-order valence-corrected chi connectivity index (χ1v) is 7.28. The summed E-state index contributed by atoms with van der Waals surface area (Å²) >= 11 is 0. The third-order valence-electron chi connectivity index (χ3n) is 4.33. The van der Waals surface area contributed by atoms with Crippen molar-refractivity contribution in [3.05, 3.63) is 48.6 Å². The molecule has 0 heterocycles. The minimum Gasteiger partial charge on any atom is -0.335 e. The Kier molecular flexibility index (Phi) is 4.60. The van der Waals surface area contributed by atoms with Gasteiger partial charge in [-0.15, -0.1) is 6.58 Å². The molecule has 0 aromatic heterocycles. The van der Waals surface area contributed by atoms with E-state index in [4.69, 9.17) is 0 Å². The van der Waals surface area contributed by atoms with Crippen LogP contribution in [0.4, 0.5) is 0 Å². The van der Waals surface area contributed by atoms with Gasteiger partial charge in [-0.05, 0) is 19.8 Å². The second kappa shape index (κ2) is 6.19. The molecule has 0 amide bonds. The molecule has 0 aliphatic heterocycles. The summed E-state index contributed by atoms with van der Waals surface area (Å²) in [5.41, 5.74) is 1.85. The molecule has 1 aromatic carbocycles. The third kappa shape index (κ3) is 3.23. The zero-order chi connectivity index (χ0) is 12.8. The van der Waals surface area contributed by atoms with Crippen molar-refractivity contribution >= 4 is 0 Å². The van der Waals surface area contributed by atoms with Gasteiger partial charge in [-0.1, -0.05) is 42.8 Å². The molecule has 18 heavy (non-hydrogen) atoms. The number of nitrogens with two attached hydrogens (primary N) is 1. The monoisotopic (exact) mass is 244 g/mol. The summed E-state index contributed by atoms with van der Waals surface area (Å²) in [6, 6.07) is 11.4. The molecule has 2 rings (SSSR count). The van der Waals surface area contributed by atoms with Crippen LogP contribution in [0.15, 0.2) is 43.0 Å². The Morgan fingerprint density at radius 2 is 1.89 bits per heavy atom. The molecule has 1 atom stereocenters. The highest BCUT2D eigenvalue weighted by atomic mass is 15.0. The van der Waals surface area contributed by atoms with E-state index in [-0.39, 0.29) is 0 Å². The van der Waals surface area contributed by atoms with Crippen molar-refractivity contribution in [2.75, 3.05) is 0 Å². The Morgan fingerprint density at radius 3 is 2.50 bits per heavy atom. The van der Waals surface area contributed by atoms with Crippen molar-refractivity contribution in [1.82, 2.24) is 0 Å². The average molecular weight is 244 g/mol. The summed E-state index contributed by atoms with van der Waals surface area (Å²) in [6.07, 6.45) is 10.1. The third-order valence-corrected chi connectivity index (χ3v) is 4.33. The molecule has 0 bridgehead atoms. The maximum Gasteiger partial charge on any atom is 0.109 e. The molecule has 98 valence electrons. The van der Waals surface area contributed by atoms with Gasteiger partial charge in [0.25, 0.3) is 0 Å². The number of quaternary nitrogens is 1. The molecule has 1 nitrogen and oxygen atoms in total. The second-order valence-corrected chi connectivity index (χ2v) is 5.78. The Bertz CT molecular complexity index is 362. The minimum absolute atomic E-state index is 0.412. The van der Waals surface area contributed by atoms with Gasteiger partial charge in [0.1, 0.15) is 11.6 Å². The Morgan fingerprint density at radius 1 is 1.22 bits per heavy atom. The van der Waals surface area contributed by atoms with Crippen LogP contribution in [0, 0.1) is 0 Å². The van der Waals surface area contributed by atoms with E-state index in [9.17, 15) is 0 Å². The fourth-order valence-electron chi connectivity index (χ4n) is 3.37. The lowest BCUT2D eigenvalue weighted by atomic mass is 9.78. The summed E-state index contributed by atoms with van der Waals surface area (Å²) in [5, 5.41) is 2.60. The van der Waals surface area contributed by atoms with Crippen molar-refractivity contribution in [3.8, 4) is 0 Å². The van der Waals surface area contributed by atoms with Crippen molar-refractivity contribution in [1.29, 1.82) is 0 Å². The highest BCUT2D eigenvalue weighted by Gasteiger charge is 2.35. The van der Waals surface area contributed by atoms with Crippen LogP contribution >= 0.6 is 0 Å². The molecule has 1 saturated carbocycles. The highest BCUT2D eigenvalue weighted by molar-refractivity contribution is 5.16. The first-order chi connectivity index (χ1) is 8.76. The van der Waals surface area contributed by atoms with Crippen LogP contribution in [0.2, 0.25) is 0 Å². The average Bonchev–Trinajstić information content (AvgIpc) is 2.41. The first kappa shape index (κ1) is 13.4. The summed E-state index contributed by atoms with van der Waals surface area (Å²) in [6.45, 7) is 6.29. The molecule has 0 unspecified atom stereocenters. The summed E-state index contributed by atoms with van der Waals surface area (Å²) in [4.78, 5) is 0. The normalized spacial score (nSPS) is 20.3. The SMILES string of the molecule is C=CCC1([NH2+][C@@H](C)c2ccccc2)CCCCC1. The second-order valence-electron chi connectivity index (χ2n) is 5.78. The van der Waals surface area contributed by atoms with Crippen LogP contribution in [0.3, 0.4) is 0 Å². The van der Waals surface area contributed by atoms with E-state index in [0.717, 1.165) is 6.42 Å². The molecular weight excluding hydrogens is 218 g/mol. The first-order valence-electron chi connectivity index (χ1n) is 7.28. The Hall–Kier alpha value is -1.08. The van der Waals surface area contributed by atoms with Crippen LogP contribution in [0.5, 0.6) is 0 Å². The van der Waals surface area contributed by atoms with E-state index in [1.54, 1.807) is 0 Å². The Labute approximate surface area is 111 Å². The van der Waals surface area contributed by atoms with Crippen molar-refractivity contribution < 1.29 is 5.32 Å². The molecule has 0 saturated heterocycles. The van der Waals surface area contributed by atoms with E-state index in [1.807, 2.05) is 0 Å². The van der Waals surface area contributed by atoms with E-state index in [1.165, 1.54) is 37.7 Å². The molecule has 1 heteroatoms. The fourth-order valence-corrected chi connectivity index (χ4v) is 3.37.